The number of aromatic nitrogens is 2. The van der Waals surface area contributed by atoms with Crippen LogP contribution >= 0.6 is 0 Å². The average Bonchev–Trinajstić information content (AvgIpc) is 3.11. The van der Waals surface area contributed by atoms with Crippen molar-refractivity contribution in [2.24, 2.45) is 7.05 Å². The van der Waals surface area contributed by atoms with E-state index in [0.29, 0.717) is 12.6 Å². The lowest BCUT2D eigenvalue weighted by molar-refractivity contribution is 0.200. The number of hydrogen-bond donors (Lipinski definition) is 1. The van der Waals surface area contributed by atoms with E-state index in [1.165, 1.54) is 12.0 Å². The van der Waals surface area contributed by atoms with E-state index in [-0.39, 0.29) is 6.61 Å². The average molecular weight is 315 g/mol. The van der Waals surface area contributed by atoms with E-state index in [2.05, 4.69) is 34.8 Å². The van der Waals surface area contributed by atoms with Crippen LogP contribution in [0.25, 0.3) is 0 Å². The van der Waals surface area contributed by atoms with Crippen LogP contribution in [-0.4, -0.2) is 39.3 Å². The Labute approximate surface area is 137 Å². The minimum atomic E-state index is 0.0386. The molecule has 1 aromatic carbocycles. The van der Waals surface area contributed by atoms with Gasteiger partial charge in [0.25, 0.3) is 0 Å². The van der Waals surface area contributed by atoms with Crippen molar-refractivity contribution in [1.82, 2.24) is 14.5 Å². The van der Waals surface area contributed by atoms with Crippen LogP contribution in [0.3, 0.4) is 0 Å². The van der Waals surface area contributed by atoms with Crippen molar-refractivity contribution >= 4 is 0 Å². The molecule has 0 saturated carbocycles. The molecule has 3 rings (SSSR count). The Hall–Kier alpha value is -1.85. The van der Waals surface area contributed by atoms with E-state index in [1.807, 2.05) is 19.1 Å². The summed E-state index contributed by atoms with van der Waals surface area (Å²) < 4.78 is 7.66. The molecular formula is C18H25N3O2. The van der Waals surface area contributed by atoms with Crippen molar-refractivity contribution in [2.75, 3.05) is 19.8 Å². The number of rotatable bonds is 6. The highest BCUT2D eigenvalue weighted by molar-refractivity contribution is 5.28. The van der Waals surface area contributed by atoms with Gasteiger partial charge in [0.15, 0.2) is 0 Å². The fourth-order valence-electron chi connectivity index (χ4n) is 3.38. The predicted molar refractivity (Wildman–Crippen MR) is 89.4 cm³/mol. The van der Waals surface area contributed by atoms with Gasteiger partial charge < -0.3 is 14.4 Å². The minimum Gasteiger partial charge on any atom is -0.491 e. The zero-order valence-corrected chi connectivity index (χ0v) is 13.9. The first kappa shape index (κ1) is 16.0. The Morgan fingerprint density at radius 3 is 3.00 bits per heavy atom. The zero-order valence-electron chi connectivity index (χ0n) is 13.9. The number of aryl methyl sites for hydroxylation is 2. The van der Waals surface area contributed by atoms with Crippen LogP contribution in [-0.2, 0) is 13.6 Å². The Morgan fingerprint density at radius 2 is 2.26 bits per heavy atom. The molecule has 2 aromatic rings. The number of hydrogen-bond acceptors (Lipinski definition) is 4. The normalized spacial score (nSPS) is 18.5. The number of aliphatic hydroxyl groups excluding tert-OH is 1. The van der Waals surface area contributed by atoms with Gasteiger partial charge in [-0.05, 0) is 44.0 Å². The van der Waals surface area contributed by atoms with Crippen LogP contribution < -0.4 is 4.74 Å². The topological polar surface area (TPSA) is 50.5 Å². The lowest BCUT2D eigenvalue weighted by atomic mass is 10.1. The van der Waals surface area contributed by atoms with Crippen LogP contribution in [0.4, 0.5) is 0 Å². The summed E-state index contributed by atoms with van der Waals surface area (Å²) in [6, 6.07) is 8.52. The van der Waals surface area contributed by atoms with Gasteiger partial charge in [0, 0.05) is 19.8 Å². The fraction of sp³-hybridized carbons (Fsp3) is 0.500. The highest BCUT2D eigenvalue weighted by Gasteiger charge is 2.29. The summed E-state index contributed by atoms with van der Waals surface area (Å²) in [5.74, 6) is 1.98. The maximum atomic E-state index is 8.87. The lowest BCUT2D eigenvalue weighted by Gasteiger charge is -2.24. The third-order valence-electron chi connectivity index (χ3n) is 4.34. The number of nitrogens with zero attached hydrogens (tertiary/aromatic N) is 3. The van der Waals surface area contributed by atoms with E-state index in [0.717, 1.165) is 36.8 Å². The summed E-state index contributed by atoms with van der Waals surface area (Å²) >= 11 is 0. The minimum absolute atomic E-state index is 0.0386. The van der Waals surface area contributed by atoms with Gasteiger partial charge in [-0.2, -0.15) is 0 Å². The van der Waals surface area contributed by atoms with Crippen molar-refractivity contribution < 1.29 is 9.84 Å². The smallest absolute Gasteiger partial charge is 0.126 e. The van der Waals surface area contributed by atoms with Crippen molar-refractivity contribution in [3.8, 4) is 5.75 Å². The van der Waals surface area contributed by atoms with Gasteiger partial charge in [-0.15, -0.1) is 0 Å². The molecule has 23 heavy (non-hydrogen) atoms. The molecular weight excluding hydrogens is 290 g/mol. The molecule has 1 aliphatic rings. The summed E-state index contributed by atoms with van der Waals surface area (Å²) in [6.45, 7) is 4.41. The monoisotopic (exact) mass is 315 g/mol. The molecule has 1 atom stereocenters. The van der Waals surface area contributed by atoms with Gasteiger partial charge in [-0.1, -0.05) is 12.1 Å². The molecule has 1 N–H and O–H groups in total. The van der Waals surface area contributed by atoms with E-state index in [9.17, 15) is 0 Å². The van der Waals surface area contributed by atoms with Gasteiger partial charge in [-0.3, -0.25) is 4.90 Å². The SMILES string of the molecule is Cc1cn(C)c(C2CCCN2Cc2cccc(OCCO)c2)n1. The van der Waals surface area contributed by atoms with Crippen molar-refractivity contribution in [3.05, 3.63) is 47.5 Å². The highest BCUT2D eigenvalue weighted by atomic mass is 16.5. The van der Waals surface area contributed by atoms with Crippen LogP contribution in [0.1, 0.15) is 36.0 Å². The Balaban J connectivity index is 1.72. The molecule has 2 heterocycles. The Morgan fingerprint density at radius 1 is 1.39 bits per heavy atom. The number of benzene rings is 1. The third-order valence-corrected chi connectivity index (χ3v) is 4.34. The maximum absolute atomic E-state index is 8.87. The summed E-state index contributed by atoms with van der Waals surface area (Å²) in [6.07, 6.45) is 4.46. The number of imidazole rings is 1. The first-order valence-corrected chi connectivity index (χ1v) is 8.24. The zero-order chi connectivity index (χ0) is 16.2. The molecule has 0 spiro atoms. The molecule has 1 fully saturated rings. The van der Waals surface area contributed by atoms with Crippen LogP contribution in [0, 0.1) is 6.92 Å². The first-order valence-electron chi connectivity index (χ1n) is 8.24. The van der Waals surface area contributed by atoms with E-state index >= 15 is 0 Å². The van der Waals surface area contributed by atoms with Gasteiger partial charge in [0.2, 0.25) is 0 Å². The van der Waals surface area contributed by atoms with Crippen LogP contribution in [0.5, 0.6) is 5.75 Å². The van der Waals surface area contributed by atoms with E-state index in [1.54, 1.807) is 0 Å². The Bertz CT molecular complexity index is 653. The largest absolute Gasteiger partial charge is 0.491 e. The van der Waals surface area contributed by atoms with Gasteiger partial charge in [-0.25, -0.2) is 4.98 Å². The molecule has 124 valence electrons. The summed E-state index contributed by atoms with van der Waals surface area (Å²) in [7, 11) is 2.08. The summed E-state index contributed by atoms with van der Waals surface area (Å²) in [4.78, 5) is 7.20. The molecule has 1 saturated heterocycles. The quantitative estimate of drug-likeness (QED) is 0.889. The van der Waals surface area contributed by atoms with E-state index in [4.69, 9.17) is 14.8 Å². The molecule has 0 aliphatic carbocycles. The molecule has 0 amide bonds. The van der Waals surface area contributed by atoms with Gasteiger partial charge in [0.1, 0.15) is 18.2 Å². The standard InChI is InChI=1S/C18H25N3O2/c1-14-12-20(2)18(19-14)17-7-4-8-21(17)13-15-5-3-6-16(11-15)23-10-9-22/h3,5-6,11-12,17,22H,4,7-10,13H2,1-2H3. The van der Waals surface area contributed by atoms with Crippen molar-refractivity contribution in [1.29, 1.82) is 0 Å². The maximum Gasteiger partial charge on any atom is 0.126 e. The molecule has 1 aromatic heterocycles. The third kappa shape index (κ3) is 3.74. The number of likely N-dealkylation sites (tertiary alicyclic amines) is 1. The van der Waals surface area contributed by atoms with Gasteiger partial charge >= 0.3 is 0 Å². The second-order valence-electron chi connectivity index (χ2n) is 6.20. The number of aliphatic hydroxyl groups is 1. The Kier molecular flexibility index (Phi) is 4.98. The van der Waals surface area contributed by atoms with Crippen molar-refractivity contribution in [2.45, 2.75) is 32.4 Å². The molecule has 5 heteroatoms. The van der Waals surface area contributed by atoms with Crippen LogP contribution in [0.2, 0.25) is 0 Å². The predicted octanol–water partition coefficient (Wildman–Crippen LogP) is 2.44. The second kappa shape index (κ2) is 7.15. The lowest BCUT2D eigenvalue weighted by Crippen LogP contribution is -2.24. The molecule has 0 bridgehead atoms. The van der Waals surface area contributed by atoms with Crippen molar-refractivity contribution in [3.63, 3.8) is 0 Å². The summed E-state index contributed by atoms with van der Waals surface area (Å²) in [5.41, 5.74) is 2.31. The molecule has 5 nitrogen and oxygen atoms in total. The fourth-order valence-corrected chi connectivity index (χ4v) is 3.38. The van der Waals surface area contributed by atoms with E-state index < -0.39 is 0 Å². The first-order chi connectivity index (χ1) is 11.2. The summed E-state index contributed by atoms with van der Waals surface area (Å²) in [5, 5.41) is 8.87. The molecule has 0 radical (unpaired) electrons. The molecule has 1 aliphatic heterocycles. The second-order valence-corrected chi connectivity index (χ2v) is 6.20. The molecule has 1 unspecified atom stereocenters. The number of ether oxygens (including phenoxy) is 1. The van der Waals surface area contributed by atoms with Crippen LogP contribution in [0.15, 0.2) is 30.5 Å². The van der Waals surface area contributed by atoms with Gasteiger partial charge in [0.05, 0.1) is 18.3 Å². The highest BCUT2D eigenvalue weighted by Crippen LogP contribution is 2.32.